The second-order valence-electron chi connectivity index (χ2n) is 14.6. The predicted octanol–water partition coefficient (Wildman–Crippen LogP) is 12.2. The SMILES string of the molecule is c1ccc(-c2ccc(-c3ccc(N(c4ccccc4)c4ccc5c(c4)-c4ccccc4C54C5CC6CC(C5)CC4C6)cc3)cc2)cc1. The van der Waals surface area contributed by atoms with Crippen LogP contribution in [0.15, 0.2) is 152 Å². The Kier molecular flexibility index (Phi) is 6.13. The number of nitrogens with zero attached hydrogens (tertiary/aromatic N) is 1. The van der Waals surface area contributed by atoms with Crippen LogP contribution in [0.3, 0.4) is 0 Å². The zero-order valence-corrected chi connectivity index (χ0v) is 26.7. The molecule has 47 heavy (non-hydrogen) atoms. The number of fused-ring (bicyclic) bond motifs is 3. The van der Waals surface area contributed by atoms with Crippen molar-refractivity contribution in [3.05, 3.63) is 163 Å². The summed E-state index contributed by atoms with van der Waals surface area (Å²) < 4.78 is 0. The zero-order valence-electron chi connectivity index (χ0n) is 26.7. The molecule has 0 heterocycles. The van der Waals surface area contributed by atoms with E-state index in [-0.39, 0.29) is 5.41 Å². The fraction of sp³-hybridized carbons (Fsp3) is 0.217. The van der Waals surface area contributed by atoms with Crippen molar-refractivity contribution in [1.29, 1.82) is 0 Å². The third-order valence-corrected chi connectivity index (χ3v) is 12.3. The van der Waals surface area contributed by atoms with Crippen molar-refractivity contribution < 1.29 is 0 Å². The molecule has 0 aromatic heterocycles. The van der Waals surface area contributed by atoms with Crippen LogP contribution in [0.2, 0.25) is 0 Å². The van der Waals surface area contributed by atoms with Gasteiger partial charge in [-0.05, 0) is 137 Å². The summed E-state index contributed by atoms with van der Waals surface area (Å²) >= 11 is 0. The van der Waals surface area contributed by atoms with Crippen LogP contribution in [0.25, 0.3) is 33.4 Å². The maximum Gasteiger partial charge on any atom is 0.0468 e. The summed E-state index contributed by atoms with van der Waals surface area (Å²) in [5, 5.41) is 0. The first kappa shape index (κ1) is 27.3. The second-order valence-corrected chi connectivity index (χ2v) is 14.6. The number of para-hydroxylation sites is 1. The molecule has 0 atom stereocenters. The van der Waals surface area contributed by atoms with E-state index in [9.17, 15) is 0 Å². The van der Waals surface area contributed by atoms with Crippen molar-refractivity contribution >= 4 is 17.1 Å². The summed E-state index contributed by atoms with van der Waals surface area (Å²) in [6, 6.07) is 56.4. The highest BCUT2D eigenvalue weighted by molar-refractivity contribution is 5.87. The Morgan fingerprint density at radius 3 is 1.49 bits per heavy atom. The fourth-order valence-electron chi connectivity index (χ4n) is 10.6. The molecule has 4 bridgehead atoms. The molecule has 0 unspecified atom stereocenters. The molecular formula is C46H39N. The first-order chi connectivity index (χ1) is 23.3. The smallest absolute Gasteiger partial charge is 0.0468 e. The maximum atomic E-state index is 2.53. The largest absolute Gasteiger partial charge is 0.310 e. The van der Waals surface area contributed by atoms with Gasteiger partial charge in [-0.25, -0.2) is 0 Å². The van der Waals surface area contributed by atoms with Crippen molar-refractivity contribution in [2.75, 3.05) is 4.90 Å². The molecule has 4 fully saturated rings. The Bertz CT molecular complexity index is 2050. The van der Waals surface area contributed by atoms with Crippen LogP contribution >= 0.6 is 0 Å². The van der Waals surface area contributed by atoms with Gasteiger partial charge in [0.25, 0.3) is 0 Å². The van der Waals surface area contributed by atoms with Crippen LogP contribution in [-0.4, -0.2) is 0 Å². The quantitative estimate of drug-likeness (QED) is 0.189. The number of rotatable bonds is 5. The second kappa shape index (κ2) is 10.6. The molecular weight excluding hydrogens is 567 g/mol. The van der Waals surface area contributed by atoms with E-state index in [0.717, 1.165) is 23.7 Å². The van der Waals surface area contributed by atoms with Crippen molar-refractivity contribution in [3.63, 3.8) is 0 Å². The molecule has 4 saturated carbocycles. The Morgan fingerprint density at radius 2 is 0.851 bits per heavy atom. The maximum absolute atomic E-state index is 2.53. The minimum Gasteiger partial charge on any atom is -0.310 e. The number of hydrogen-bond acceptors (Lipinski definition) is 1. The molecule has 0 radical (unpaired) electrons. The third kappa shape index (κ3) is 4.15. The van der Waals surface area contributed by atoms with E-state index in [0.29, 0.717) is 0 Å². The predicted molar refractivity (Wildman–Crippen MR) is 195 cm³/mol. The normalized spacial score (nSPS) is 24.7. The van der Waals surface area contributed by atoms with Crippen LogP contribution in [0, 0.1) is 23.7 Å². The Labute approximate surface area is 278 Å². The van der Waals surface area contributed by atoms with Crippen molar-refractivity contribution in [2.24, 2.45) is 23.7 Å². The van der Waals surface area contributed by atoms with Crippen molar-refractivity contribution in [3.8, 4) is 33.4 Å². The summed E-state index contributed by atoms with van der Waals surface area (Å²) in [5.41, 5.74) is 14.9. The van der Waals surface area contributed by atoms with E-state index >= 15 is 0 Å². The highest BCUT2D eigenvalue weighted by Crippen LogP contribution is 2.69. The van der Waals surface area contributed by atoms with E-state index in [1.165, 1.54) is 82.5 Å². The first-order valence-electron chi connectivity index (χ1n) is 17.6. The van der Waals surface area contributed by atoms with Gasteiger partial charge in [-0.2, -0.15) is 0 Å². The average Bonchev–Trinajstić information content (AvgIpc) is 3.42. The minimum absolute atomic E-state index is 0.202. The third-order valence-electron chi connectivity index (χ3n) is 12.3. The molecule has 6 aromatic rings. The van der Waals surface area contributed by atoms with E-state index < -0.39 is 0 Å². The zero-order chi connectivity index (χ0) is 31.0. The molecule has 0 saturated heterocycles. The van der Waals surface area contributed by atoms with Gasteiger partial charge in [-0.1, -0.05) is 115 Å². The summed E-state index contributed by atoms with van der Waals surface area (Å²) in [6.07, 6.45) is 7.15. The molecule has 228 valence electrons. The van der Waals surface area contributed by atoms with Crippen LogP contribution in [0.4, 0.5) is 17.1 Å². The first-order valence-corrected chi connectivity index (χ1v) is 17.6. The topological polar surface area (TPSA) is 3.24 Å². The van der Waals surface area contributed by atoms with Crippen LogP contribution < -0.4 is 4.90 Å². The average molecular weight is 606 g/mol. The molecule has 1 spiro atoms. The van der Waals surface area contributed by atoms with Gasteiger partial charge in [0.1, 0.15) is 0 Å². The Hall–Kier alpha value is -4.88. The molecule has 0 aliphatic heterocycles. The molecule has 11 rings (SSSR count). The molecule has 1 heteroatoms. The minimum atomic E-state index is 0.202. The number of hydrogen-bond donors (Lipinski definition) is 0. The van der Waals surface area contributed by atoms with Crippen LogP contribution in [0.5, 0.6) is 0 Å². The van der Waals surface area contributed by atoms with Gasteiger partial charge >= 0.3 is 0 Å². The van der Waals surface area contributed by atoms with Crippen LogP contribution in [0.1, 0.15) is 43.2 Å². The summed E-state index contributed by atoms with van der Waals surface area (Å²) in [7, 11) is 0. The molecule has 0 amide bonds. The summed E-state index contributed by atoms with van der Waals surface area (Å²) in [4.78, 5) is 2.44. The highest BCUT2D eigenvalue weighted by atomic mass is 15.1. The monoisotopic (exact) mass is 605 g/mol. The van der Waals surface area contributed by atoms with Gasteiger partial charge in [0, 0.05) is 22.5 Å². The Morgan fingerprint density at radius 1 is 0.383 bits per heavy atom. The Balaban J connectivity index is 1.05. The summed E-state index contributed by atoms with van der Waals surface area (Å²) in [5.74, 6) is 3.48. The van der Waals surface area contributed by atoms with E-state index in [1.54, 1.807) is 11.1 Å². The lowest BCUT2D eigenvalue weighted by Gasteiger charge is -2.61. The van der Waals surface area contributed by atoms with Crippen molar-refractivity contribution in [1.82, 2.24) is 0 Å². The molecule has 6 aromatic carbocycles. The number of anilines is 3. The molecule has 5 aliphatic rings. The van der Waals surface area contributed by atoms with E-state index in [2.05, 4.69) is 157 Å². The van der Waals surface area contributed by atoms with Gasteiger partial charge < -0.3 is 4.90 Å². The summed E-state index contributed by atoms with van der Waals surface area (Å²) in [6.45, 7) is 0. The standard InChI is InChI=1S/C46H39N/c1-3-9-33(10-4-1)34-15-17-35(18-16-34)36-19-21-40(22-20-36)47(39-11-5-2-6-12-39)41-23-24-45-43(30-41)42-13-7-8-14-44(42)46(45)37-26-31-25-32(28-37)29-38(46)27-31/h1-24,30-32,37-38H,25-29H2. The highest BCUT2D eigenvalue weighted by Gasteiger charge is 2.61. The number of benzene rings is 6. The lowest BCUT2D eigenvalue weighted by Crippen LogP contribution is -2.55. The van der Waals surface area contributed by atoms with Gasteiger partial charge in [-0.15, -0.1) is 0 Å². The lowest BCUT2D eigenvalue weighted by atomic mass is 9.43. The lowest BCUT2D eigenvalue weighted by molar-refractivity contribution is -0.0399. The van der Waals surface area contributed by atoms with Crippen LogP contribution in [-0.2, 0) is 5.41 Å². The fourth-order valence-corrected chi connectivity index (χ4v) is 10.6. The van der Waals surface area contributed by atoms with Gasteiger partial charge in [-0.3, -0.25) is 0 Å². The van der Waals surface area contributed by atoms with Gasteiger partial charge in [0.15, 0.2) is 0 Å². The molecule has 5 aliphatic carbocycles. The van der Waals surface area contributed by atoms with Gasteiger partial charge in [0.05, 0.1) is 0 Å². The van der Waals surface area contributed by atoms with Gasteiger partial charge in [0.2, 0.25) is 0 Å². The van der Waals surface area contributed by atoms with E-state index in [4.69, 9.17) is 0 Å². The van der Waals surface area contributed by atoms with E-state index in [1.807, 2.05) is 0 Å². The molecule has 0 N–H and O–H groups in total. The van der Waals surface area contributed by atoms with Crippen molar-refractivity contribution in [2.45, 2.75) is 37.5 Å². The molecule has 1 nitrogen and oxygen atoms in total.